The van der Waals surface area contributed by atoms with Crippen LogP contribution in [0, 0.1) is 26.7 Å². The molecule has 0 aliphatic carbocycles. The second kappa shape index (κ2) is 5.07. The third-order valence-corrected chi connectivity index (χ3v) is 3.78. The van der Waals surface area contributed by atoms with Gasteiger partial charge in [0.1, 0.15) is 11.5 Å². The summed E-state index contributed by atoms with van der Waals surface area (Å²) in [7, 11) is 0. The van der Waals surface area contributed by atoms with Crippen LogP contribution in [0.25, 0.3) is 11.4 Å². The van der Waals surface area contributed by atoms with Gasteiger partial charge in [0, 0.05) is 5.56 Å². The number of hydrogen-bond acceptors (Lipinski definition) is 5. The van der Waals surface area contributed by atoms with Gasteiger partial charge in [-0.2, -0.15) is 0 Å². The molecule has 0 saturated carbocycles. The summed E-state index contributed by atoms with van der Waals surface area (Å²) in [5.41, 5.74) is 1.80. The number of carboxylic acid groups (broad SMARTS) is 1. The summed E-state index contributed by atoms with van der Waals surface area (Å²) in [6, 6.07) is -0.355. The van der Waals surface area contributed by atoms with Gasteiger partial charge >= 0.3 is 5.97 Å². The van der Waals surface area contributed by atoms with Crippen LogP contribution in [0.5, 0.6) is 0 Å². The molecule has 7 nitrogen and oxygen atoms in total. The van der Waals surface area contributed by atoms with E-state index in [1.807, 2.05) is 20.8 Å². The van der Waals surface area contributed by atoms with E-state index in [1.165, 1.54) is 0 Å². The van der Waals surface area contributed by atoms with Gasteiger partial charge in [0.25, 0.3) is 0 Å². The molecule has 0 aliphatic heterocycles. The van der Waals surface area contributed by atoms with Gasteiger partial charge in [-0.25, -0.2) is 4.68 Å². The Morgan fingerprint density at radius 3 is 2.40 bits per heavy atom. The van der Waals surface area contributed by atoms with Crippen LogP contribution in [0.2, 0.25) is 0 Å². The van der Waals surface area contributed by atoms with Crippen molar-refractivity contribution in [1.29, 1.82) is 0 Å². The highest BCUT2D eigenvalue weighted by Gasteiger charge is 2.27. The van der Waals surface area contributed by atoms with E-state index in [1.54, 1.807) is 18.5 Å². The highest BCUT2D eigenvalue weighted by Crippen LogP contribution is 2.31. The molecule has 0 fully saturated rings. The van der Waals surface area contributed by atoms with Gasteiger partial charge in [-0.15, -0.1) is 5.10 Å². The quantitative estimate of drug-likeness (QED) is 0.920. The second-order valence-electron chi connectivity index (χ2n) is 5.03. The van der Waals surface area contributed by atoms with E-state index in [2.05, 4.69) is 15.5 Å². The molecule has 20 heavy (non-hydrogen) atoms. The number of nitrogens with zero attached hydrogens (tertiary/aromatic N) is 4. The number of aryl methyl sites for hydroxylation is 2. The van der Waals surface area contributed by atoms with E-state index in [0.29, 0.717) is 5.82 Å². The Labute approximate surface area is 116 Å². The Kier molecular flexibility index (Phi) is 3.61. The maximum Gasteiger partial charge on any atom is 0.308 e. The third kappa shape index (κ3) is 2.19. The molecule has 0 aliphatic rings. The molecule has 0 saturated heterocycles. The number of tetrazole rings is 1. The fraction of sp³-hybridized carbons (Fsp3) is 0.538. The van der Waals surface area contributed by atoms with Crippen molar-refractivity contribution in [3.8, 4) is 11.4 Å². The number of rotatable bonds is 4. The van der Waals surface area contributed by atoms with E-state index in [9.17, 15) is 4.79 Å². The monoisotopic (exact) mass is 278 g/mol. The standard InChI is InChI=1S/C13H18N4O3/c1-6(13(18)19)8(3)17-12(14-15-16-17)11-7(2)9(4)20-10(11)5/h6,8H,1-5H3,(H,18,19). The Hall–Kier alpha value is -2.18. The average Bonchev–Trinajstić information content (AvgIpc) is 2.93. The number of furan rings is 1. The van der Waals surface area contributed by atoms with Gasteiger partial charge in [-0.1, -0.05) is 0 Å². The van der Waals surface area contributed by atoms with Crippen molar-refractivity contribution in [1.82, 2.24) is 20.2 Å². The van der Waals surface area contributed by atoms with Gasteiger partial charge in [0.05, 0.1) is 17.5 Å². The lowest BCUT2D eigenvalue weighted by Gasteiger charge is -2.17. The molecule has 1 N–H and O–H groups in total. The van der Waals surface area contributed by atoms with Gasteiger partial charge in [-0.05, 0) is 45.0 Å². The predicted octanol–water partition coefficient (Wildman–Crippen LogP) is 2.14. The van der Waals surface area contributed by atoms with Crippen LogP contribution in [-0.4, -0.2) is 31.3 Å². The molecular weight excluding hydrogens is 260 g/mol. The van der Waals surface area contributed by atoms with Crippen LogP contribution in [-0.2, 0) is 4.79 Å². The Morgan fingerprint density at radius 1 is 1.25 bits per heavy atom. The number of aromatic nitrogens is 4. The van der Waals surface area contributed by atoms with Gasteiger partial charge in [0.15, 0.2) is 5.82 Å². The summed E-state index contributed by atoms with van der Waals surface area (Å²) >= 11 is 0. The summed E-state index contributed by atoms with van der Waals surface area (Å²) in [5.74, 6) is 0.608. The SMILES string of the molecule is Cc1oc(C)c(-c2nnnn2C(C)C(C)C(=O)O)c1C. The number of carbonyl (C=O) groups is 1. The van der Waals surface area contributed by atoms with E-state index < -0.39 is 11.9 Å². The van der Waals surface area contributed by atoms with Crippen molar-refractivity contribution in [3.05, 3.63) is 17.1 Å². The van der Waals surface area contributed by atoms with Crippen molar-refractivity contribution in [2.45, 2.75) is 40.7 Å². The lowest BCUT2D eigenvalue weighted by Crippen LogP contribution is -2.23. The summed E-state index contributed by atoms with van der Waals surface area (Å²) in [6.07, 6.45) is 0. The maximum atomic E-state index is 11.1. The number of aliphatic carboxylic acids is 1. The first-order valence-corrected chi connectivity index (χ1v) is 6.42. The van der Waals surface area contributed by atoms with Crippen molar-refractivity contribution < 1.29 is 14.3 Å². The van der Waals surface area contributed by atoms with Crippen LogP contribution in [0.1, 0.15) is 37.0 Å². The molecule has 0 bridgehead atoms. The third-order valence-electron chi connectivity index (χ3n) is 3.78. The summed E-state index contributed by atoms with van der Waals surface area (Å²) in [4.78, 5) is 11.1. The number of carboxylic acids is 1. The van der Waals surface area contributed by atoms with Gasteiger partial charge in [0.2, 0.25) is 0 Å². The molecule has 2 atom stereocenters. The minimum atomic E-state index is -0.879. The minimum absolute atomic E-state index is 0.355. The fourth-order valence-corrected chi connectivity index (χ4v) is 2.17. The largest absolute Gasteiger partial charge is 0.481 e. The minimum Gasteiger partial charge on any atom is -0.481 e. The van der Waals surface area contributed by atoms with Crippen molar-refractivity contribution in [3.63, 3.8) is 0 Å². The normalized spacial score (nSPS) is 14.2. The lowest BCUT2D eigenvalue weighted by atomic mass is 10.0. The summed E-state index contributed by atoms with van der Waals surface area (Å²) in [6.45, 7) is 9.09. The average molecular weight is 278 g/mol. The summed E-state index contributed by atoms with van der Waals surface area (Å²) in [5, 5.41) is 20.8. The zero-order chi connectivity index (χ0) is 15.0. The molecule has 2 heterocycles. The molecule has 0 aromatic carbocycles. The highest BCUT2D eigenvalue weighted by molar-refractivity contribution is 5.70. The van der Waals surface area contributed by atoms with E-state index in [-0.39, 0.29) is 6.04 Å². The molecule has 2 rings (SSSR count). The zero-order valence-corrected chi connectivity index (χ0v) is 12.2. The molecule has 2 unspecified atom stereocenters. The van der Waals surface area contributed by atoms with Crippen LogP contribution in [0.3, 0.4) is 0 Å². The molecule has 0 spiro atoms. The van der Waals surface area contributed by atoms with E-state index >= 15 is 0 Å². The molecule has 0 radical (unpaired) electrons. The van der Waals surface area contributed by atoms with E-state index in [0.717, 1.165) is 22.6 Å². The predicted molar refractivity (Wildman–Crippen MR) is 71.2 cm³/mol. The van der Waals surface area contributed by atoms with Crippen molar-refractivity contribution >= 4 is 5.97 Å². The smallest absolute Gasteiger partial charge is 0.308 e. The maximum absolute atomic E-state index is 11.1. The van der Waals surface area contributed by atoms with Crippen LogP contribution < -0.4 is 0 Å². The topological polar surface area (TPSA) is 94.0 Å². The molecule has 2 aromatic heterocycles. The molecule has 7 heteroatoms. The molecule has 2 aromatic rings. The second-order valence-corrected chi connectivity index (χ2v) is 5.03. The van der Waals surface area contributed by atoms with Crippen LogP contribution in [0.4, 0.5) is 0 Å². The molecule has 108 valence electrons. The molecule has 0 amide bonds. The van der Waals surface area contributed by atoms with Crippen molar-refractivity contribution in [2.75, 3.05) is 0 Å². The first kappa shape index (κ1) is 14.2. The Balaban J connectivity index is 2.51. The van der Waals surface area contributed by atoms with Crippen LogP contribution in [0.15, 0.2) is 4.42 Å². The van der Waals surface area contributed by atoms with Crippen molar-refractivity contribution in [2.24, 2.45) is 5.92 Å². The lowest BCUT2D eigenvalue weighted by molar-refractivity contribution is -0.142. The first-order chi connectivity index (χ1) is 9.34. The number of hydrogen-bond donors (Lipinski definition) is 1. The Morgan fingerprint density at radius 2 is 1.90 bits per heavy atom. The van der Waals surface area contributed by atoms with Crippen LogP contribution >= 0.6 is 0 Å². The first-order valence-electron chi connectivity index (χ1n) is 6.42. The zero-order valence-electron chi connectivity index (χ0n) is 12.2. The highest BCUT2D eigenvalue weighted by atomic mass is 16.4. The van der Waals surface area contributed by atoms with E-state index in [4.69, 9.17) is 9.52 Å². The molecular formula is C13H18N4O3. The fourth-order valence-electron chi connectivity index (χ4n) is 2.17. The van der Waals surface area contributed by atoms with Gasteiger partial charge < -0.3 is 9.52 Å². The summed E-state index contributed by atoms with van der Waals surface area (Å²) < 4.78 is 7.13. The van der Waals surface area contributed by atoms with Gasteiger partial charge in [-0.3, -0.25) is 4.79 Å². The Bertz CT molecular complexity index is 644.